The van der Waals surface area contributed by atoms with Crippen molar-refractivity contribution in [1.82, 2.24) is 0 Å². The highest BCUT2D eigenvalue weighted by molar-refractivity contribution is 5.93. The number of nitrogens with one attached hydrogen (secondary N) is 1. The number of non-ortho nitro benzene ring substituents is 1. The third-order valence-electron chi connectivity index (χ3n) is 3.53. The summed E-state index contributed by atoms with van der Waals surface area (Å²) in [4.78, 5) is 27.1. The lowest BCUT2D eigenvalue weighted by Gasteiger charge is -2.09. The number of nitro groups is 1. The lowest BCUT2D eigenvalue weighted by molar-refractivity contribution is -0.384. The number of benzene rings is 2. The molecule has 0 heterocycles. The van der Waals surface area contributed by atoms with E-state index in [9.17, 15) is 14.9 Å². The van der Waals surface area contributed by atoms with Crippen LogP contribution >= 0.6 is 0 Å². The Balaban J connectivity index is 1.88. The second-order valence-corrected chi connectivity index (χ2v) is 5.29. The number of rotatable bonds is 8. The number of ether oxygens (including phenoxy) is 1. The minimum Gasteiger partial charge on any atom is -0.494 e. The maximum absolute atomic E-state index is 11.9. The Morgan fingerprint density at radius 1 is 1.27 bits per heavy atom. The molecule has 0 bridgehead atoms. The van der Waals surface area contributed by atoms with Crippen LogP contribution in [0.2, 0.25) is 0 Å². The summed E-state index contributed by atoms with van der Waals surface area (Å²) in [7, 11) is 1.36. The number of amides is 1. The number of hydrogen-bond donors (Lipinski definition) is 1. The van der Waals surface area contributed by atoms with Gasteiger partial charge in [0, 0.05) is 6.07 Å². The Bertz CT molecular complexity index is 803. The molecule has 0 unspecified atom stereocenters. The van der Waals surface area contributed by atoms with Crippen LogP contribution in [0.4, 0.5) is 11.4 Å². The predicted octanol–water partition coefficient (Wildman–Crippen LogP) is 3.16. The fourth-order valence-corrected chi connectivity index (χ4v) is 2.12. The molecule has 0 aliphatic carbocycles. The van der Waals surface area contributed by atoms with Crippen LogP contribution < -0.4 is 10.1 Å². The third-order valence-corrected chi connectivity index (χ3v) is 3.53. The molecular weight excluding hydrogens is 338 g/mol. The predicted molar refractivity (Wildman–Crippen MR) is 97.6 cm³/mol. The zero-order chi connectivity index (χ0) is 18.9. The average molecular weight is 357 g/mol. The van der Waals surface area contributed by atoms with E-state index in [0.29, 0.717) is 5.69 Å². The van der Waals surface area contributed by atoms with E-state index in [4.69, 9.17) is 9.57 Å². The van der Waals surface area contributed by atoms with Gasteiger partial charge < -0.3 is 14.9 Å². The highest BCUT2D eigenvalue weighted by Crippen LogP contribution is 2.28. The highest BCUT2D eigenvalue weighted by atomic mass is 16.6. The summed E-state index contributed by atoms with van der Waals surface area (Å²) in [6, 6.07) is 11.7. The van der Waals surface area contributed by atoms with Gasteiger partial charge in [-0.25, -0.2) is 0 Å². The van der Waals surface area contributed by atoms with Crippen molar-refractivity contribution in [2.75, 3.05) is 19.0 Å². The van der Waals surface area contributed by atoms with Crippen molar-refractivity contribution in [3.63, 3.8) is 0 Å². The minimum absolute atomic E-state index is 0.130. The lowest BCUT2D eigenvalue weighted by Crippen LogP contribution is -2.17. The molecule has 1 N–H and O–H groups in total. The molecule has 0 aromatic heterocycles. The molecule has 8 heteroatoms. The second-order valence-electron chi connectivity index (χ2n) is 5.29. The Labute approximate surface area is 150 Å². The summed E-state index contributed by atoms with van der Waals surface area (Å²) >= 11 is 0. The van der Waals surface area contributed by atoms with Crippen LogP contribution in [0.25, 0.3) is 0 Å². The number of oxime groups is 1. The molecule has 0 spiro atoms. The molecule has 0 saturated heterocycles. The number of anilines is 1. The van der Waals surface area contributed by atoms with Crippen molar-refractivity contribution in [1.29, 1.82) is 0 Å². The highest BCUT2D eigenvalue weighted by Gasteiger charge is 2.13. The van der Waals surface area contributed by atoms with E-state index in [1.54, 1.807) is 0 Å². The van der Waals surface area contributed by atoms with Crippen molar-refractivity contribution in [2.24, 2.45) is 5.16 Å². The van der Waals surface area contributed by atoms with Crippen molar-refractivity contribution in [3.8, 4) is 5.75 Å². The molecule has 0 radical (unpaired) electrons. The van der Waals surface area contributed by atoms with Gasteiger partial charge in [0.15, 0.2) is 6.61 Å². The summed E-state index contributed by atoms with van der Waals surface area (Å²) in [5.74, 6) is -0.275. The van der Waals surface area contributed by atoms with Crippen LogP contribution in [0.1, 0.15) is 18.1 Å². The second kappa shape index (κ2) is 9.16. The Morgan fingerprint density at radius 3 is 2.62 bits per heavy atom. The van der Waals surface area contributed by atoms with Gasteiger partial charge in [-0.2, -0.15) is 0 Å². The largest absolute Gasteiger partial charge is 0.494 e. The zero-order valence-corrected chi connectivity index (χ0v) is 14.5. The molecular formula is C18H19N3O5. The Kier molecular flexibility index (Phi) is 6.67. The van der Waals surface area contributed by atoms with Crippen LogP contribution in [0, 0.1) is 10.1 Å². The molecule has 0 aliphatic rings. The molecule has 0 fully saturated rings. The average Bonchev–Trinajstić information content (AvgIpc) is 2.65. The Morgan fingerprint density at radius 2 is 2.00 bits per heavy atom. The minimum atomic E-state index is -0.543. The number of methoxy groups -OCH3 is 1. The van der Waals surface area contributed by atoms with Gasteiger partial charge in [0.1, 0.15) is 5.75 Å². The number of carbonyl (C=O) groups is 1. The summed E-state index contributed by atoms with van der Waals surface area (Å²) in [5, 5.41) is 17.1. The maximum atomic E-state index is 11.9. The Hall–Kier alpha value is -3.42. The van der Waals surface area contributed by atoms with Gasteiger partial charge in [-0.15, -0.1) is 0 Å². The van der Waals surface area contributed by atoms with Crippen molar-refractivity contribution >= 4 is 23.5 Å². The van der Waals surface area contributed by atoms with Crippen molar-refractivity contribution in [3.05, 3.63) is 63.7 Å². The van der Waals surface area contributed by atoms with E-state index < -0.39 is 10.8 Å². The maximum Gasteiger partial charge on any atom is 0.273 e. The van der Waals surface area contributed by atoms with Gasteiger partial charge in [0.05, 0.1) is 30.0 Å². The zero-order valence-electron chi connectivity index (χ0n) is 14.5. The summed E-state index contributed by atoms with van der Waals surface area (Å²) in [5.41, 5.74) is 2.26. The number of hydrogen-bond acceptors (Lipinski definition) is 6. The van der Waals surface area contributed by atoms with E-state index in [0.717, 1.165) is 12.0 Å². The molecule has 136 valence electrons. The summed E-state index contributed by atoms with van der Waals surface area (Å²) < 4.78 is 5.05. The number of aryl methyl sites for hydroxylation is 1. The van der Waals surface area contributed by atoms with E-state index in [2.05, 4.69) is 17.4 Å². The third kappa shape index (κ3) is 5.30. The van der Waals surface area contributed by atoms with E-state index in [1.807, 2.05) is 24.3 Å². The van der Waals surface area contributed by atoms with Crippen LogP contribution in [0.3, 0.4) is 0 Å². The van der Waals surface area contributed by atoms with Gasteiger partial charge in [-0.1, -0.05) is 36.3 Å². The monoisotopic (exact) mass is 357 g/mol. The first kappa shape index (κ1) is 18.9. The fourth-order valence-electron chi connectivity index (χ4n) is 2.12. The van der Waals surface area contributed by atoms with Crippen LogP contribution in [-0.4, -0.2) is 30.8 Å². The van der Waals surface area contributed by atoms with Gasteiger partial charge in [-0.05, 0) is 23.6 Å². The molecule has 1 amide bonds. The summed E-state index contributed by atoms with van der Waals surface area (Å²) in [6.07, 6.45) is 2.47. The van der Waals surface area contributed by atoms with E-state index >= 15 is 0 Å². The fraction of sp³-hybridized carbons (Fsp3) is 0.222. The van der Waals surface area contributed by atoms with Gasteiger partial charge >= 0.3 is 0 Å². The first-order valence-electron chi connectivity index (χ1n) is 7.90. The number of nitrogens with zero attached hydrogens (tertiary/aromatic N) is 2. The first-order chi connectivity index (χ1) is 12.5. The standard InChI is InChI=1S/C18H19N3O5/c1-3-13-4-6-14(7-5-13)11-19-26-12-18(22)20-16-9-8-15(21(23)24)10-17(16)25-2/h4-11H,3,12H2,1-2H3,(H,20,22)/b19-11-. The molecule has 0 aliphatic heterocycles. The van der Waals surface area contributed by atoms with Crippen LogP contribution in [0.5, 0.6) is 5.75 Å². The van der Waals surface area contributed by atoms with Crippen molar-refractivity contribution < 1.29 is 19.3 Å². The molecule has 0 atom stereocenters. The normalized spacial score (nSPS) is 10.5. The first-order valence-corrected chi connectivity index (χ1v) is 7.90. The van der Waals surface area contributed by atoms with Crippen LogP contribution in [-0.2, 0) is 16.1 Å². The summed E-state index contributed by atoms with van der Waals surface area (Å²) in [6.45, 7) is 1.77. The lowest BCUT2D eigenvalue weighted by atomic mass is 10.1. The van der Waals surface area contributed by atoms with Crippen LogP contribution in [0.15, 0.2) is 47.6 Å². The molecule has 2 aromatic rings. The molecule has 2 aromatic carbocycles. The van der Waals surface area contributed by atoms with Gasteiger partial charge in [0.2, 0.25) is 0 Å². The quantitative estimate of drug-likeness (QED) is 0.444. The van der Waals surface area contributed by atoms with Gasteiger partial charge in [-0.3, -0.25) is 14.9 Å². The smallest absolute Gasteiger partial charge is 0.273 e. The van der Waals surface area contributed by atoms with E-state index in [-0.39, 0.29) is 18.0 Å². The number of nitro benzene ring substituents is 1. The molecule has 0 saturated carbocycles. The van der Waals surface area contributed by atoms with E-state index in [1.165, 1.54) is 37.1 Å². The molecule has 26 heavy (non-hydrogen) atoms. The van der Waals surface area contributed by atoms with Crippen molar-refractivity contribution in [2.45, 2.75) is 13.3 Å². The molecule has 8 nitrogen and oxygen atoms in total. The van der Waals surface area contributed by atoms with Gasteiger partial charge in [0.25, 0.3) is 11.6 Å². The molecule has 2 rings (SSSR count). The SMILES string of the molecule is CCc1ccc(/C=N\OCC(=O)Nc2ccc([N+](=O)[O-])cc2OC)cc1. The topological polar surface area (TPSA) is 103 Å². The number of carbonyl (C=O) groups excluding carboxylic acids is 1.